The molecule has 0 bridgehead atoms. The van der Waals surface area contributed by atoms with Crippen LogP contribution in [0.2, 0.25) is 0 Å². The van der Waals surface area contributed by atoms with Crippen molar-refractivity contribution < 1.29 is 14.2 Å². The number of hydrogen-bond acceptors (Lipinski definition) is 6. The lowest BCUT2D eigenvalue weighted by Gasteiger charge is -2.21. The van der Waals surface area contributed by atoms with Gasteiger partial charge < -0.3 is 19.5 Å². The molecular weight excluding hydrogens is 318 g/mol. The van der Waals surface area contributed by atoms with E-state index in [9.17, 15) is 0 Å². The van der Waals surface area contributed by atoms with E-state index in [0.29, 0.717) is 17.4 Å². The highest BCUT2D eigenvalue weighted by Crippen LogP contribution is 2.31. The number of rotatable bonds is 8. The molecule has 1 aliphatic rings. The van der Waals surface area contributed by atoms with Crippen LogP contribution in [0, 0.1) is 5.92 Å². The van der Waals surface area contributed by atoms with Crippen LogP contribution < -0.4 is 14.8 Å². The van der Waals surface area contributed by atoms with Crippen LogP contribution in [0.4, 0.5) is 0 Å². The molecule has 1 saturated heterocycles. The second-order valence-electron chi connectivity index (χ2n) is 6.15. The summed E-state index contributed by atoms with van der Waals surface area (Å²) in [6.07, 6.45) is 8.35. The van der Waals surface area contributed by atoms with E-state index in [1.54, 1.807) is 25.7 Å². The van der Waals surface area contributed by atoms with Crippen molar-refractivity contribution in [3.8, 4) is 17.4 Å². The first kappa shape index (κ1) is 17.6. The molecule has 0 amide bonds. The van der Waals surface area contributed by atoms with Gasteiger partial charge in [-0.15, -0.1) is 0 Å². The lowest BCUT2D eigenvalue weighted by Crippen LogP contribution is -2.22. The van der Waals surface area contributed by atoms with Gasteiger partial charge in [0.2, 0.25) is 5.88 Å². The second-order valence-corrected chi connectivity index (χ2v) is 6.15. The van der Waals surface area contributed by atoms with Crippen molar-refractivity contribution in [2.75, 3.05) is 26.9 Å². The maximum absolute atomic E-state index is 5.73. The summed E-state index contributed by atoms with van der Waals surface area (Å²) in [5.41, 5.74) is 1.16. The molecule has 1 aromatic carbocycles. The minimum atomic E-state index is 0.447. The van der Waals surface area contributed by atoms with E-state index in [1.165, 1.54) is 19.3 Å². The summed E-state index contributed by atoms with van der Waals surface area (Å²) >= 11 is 0. The zero-order chi connectivity index (χ0) is 17.3. The Morgan fingerprint density at radius 1 is 1.20 bits per heavy atom. The lowest BCUT2D eigenvalue weighted by molar-refractivity contribution is 0.0639. The predicted molar refractivity (Wildman–Crippen MR) is 95.0 cm³/mol. The maximum Gasteiger partial charge on any atom is 0.238 e. The first-order valence-corrected chi connectivity index (χ1v) is 8.74. The van der Waals surface area contributed by atoms with Crippen LogP contribution >= 0.6 is 0 Å². The van der Waals surface area contributed by atoms with Gasteiger partial charge in [-0.2, -0.15) is 0 Å². The Labute approximate surface area is 148 Å². The van der Waals surface area contributed by atoms with Gasteiger partial charge in [0.25, 0.3) is 0 Å². The molecule has 0 aliphatic carbocycles. The molecule has 0 atom stereocenters. The zero-order valence-electron chi connectivity index (χ0n) is 14.6. The number of methoxy groups -OCH3 is 1. The molecule has 134 valence electrons. The number of benzene rings is 1. The molecule has 1 aromatic heterocycles. The topological polar surface area (TPSA) is 65.5 Å². The van der Waals surface area contributed by atoms with Gasteiger partial charge in [0.1, 0.15) is 0 Å². The molecule has 1 fully saturated rings. The van der Waals surface area contributed by atoms with Gasteiger partial charge in [-0.25, -0.2) is 4.98 Å². The van der Waals surface area contributed by atoms with Crippen LogP contribution in [0.3, 0.4) is 0 Å². The molecule has 1 aliphatic heterocycles. The van der Waals surface area contributed by atoms with E-state index in [1.807, 2.05) is 18.2 Å². The van der Waals surface area contributed by atoms with Gasteiger partial charge in [-0.05, 0) is 49.4 Å². The van der Waals surface area contributed by atoms with Crippen molar-refractivity contribution in [2.45, 2.75) is 25.8 Å². The average molecular weight is 343 g/mol. The van der Waals surface area contributed by atoms with Crippen LogP contribution in [0.25, 0.3) is 0 Å². The van der Waals surface area contributed by atoms with Crippen molar-refractivity contribution in [1.29, 1.82) is 0 Å². The summed E-state index contributed by atoms with van der Waals surface area (Å²) in [6.45, 7) is 3.65. The highest BCUT2D eigenvalue weighted by atomic mass is 16.5. The number of aromatic nitrogens is 2. The molecule has 1 N–H and O–H groups in total. The van der Waals surface area contributed by atoms with Crippen molar-refractivity contribution >= 4 is 0 Å². The second kappa shape index (κ2) is 9.34. The predicted octanol–water partition coefficient (Wildman–Crippen LogP) is 3.18. The number of ether oxygens (including phenoxy) is 3. The van der Waals surface area contributed by atoms with Crippen molar-refractivity contribution in [3.63, 3.8) is 0 Å². The van der Waals surface area contributed by atoms with Crippen molar-refractivity contribution in [2.24, 2.45) is 5.92 Å². The molecule has 0 radical (unpaired) electrons. The van der Waals surface area contributed by atoms with Crippen LogP contribution in [-0.4, -0.2) is 36.8 Å². The Kier molecular flexibility index (Phi) is 6.59. The van der Waals surface area contributed by atoms with E-state index in [-0.39, 0.29) is 0 Å². The van der Waals surface area contributed by atoms with Crippen LogP contribution in [-0.2, 0) is 11.3 Å². The fourth-order valence-electron chi connectivity index (χ4n) is 2.93. The molecule has 25 heavy (non-hydrogen) atoms. The molecule has 6 heteroatoms. The summed E-state index contributed by atoms with van der Waals surface area (Å²) < 4.78 is 16.6. The first-order valence-electron chi connectivity index (χ1n) is 8.74. The Bertz CT molecular complexity index is 646. The lowest BCUT2D eigenvalue weighted by atomic mass is 9.97. The summed E-state index contributed by atoms with van der Waals surface area (Å²) in [4.78, 5) is 8.11. The maximum atomic E-state index is 5.73. The third kappa shape index (κ3) is 5.41. The Morgan fingerprint density at radius 3 is 2.84 bits per heavy atom. The molecule has 0 saturated carbocycles. The smallest absolute Gasteiger partial charge is 0.238 e. The molecule has 2 aromatic rings. The van der Waals surface area contributed by atoms with Gasteiger partial charge >= 0.3 is 0 Å². The Hall–Kier alpha value is -2.18. The molecular formula is C19H25N3O3. The Morgan fingerprint density at radius 2 is 2.08 bits per heavy atom. The minimum Gasteiger partial charge on any atom is -0.493 e. The van der Waals surface area contributed by atoms with E-state index in [4.69, 9.17) is 14.2 Å². The van der Waals surface area contributed by atoms with Gasteiger partial charge in [-0.3, -0.25) is 4.98 Å². The van der Waals surface area contributed by atoms with Crippen LogP contribution in [0.5, 0.6) is 17.4 Å². The van der Waals surface area contributed by atoms with Gasteiger partial charge in [0, 0.05) is 32.2 Å². The van der Waals surface area contributed by atoms with E-state index in [0.717, 1.165) is 37.8 Å². The first-order chi connectivity index (χ1) is 12.3. The fraction of sp³-hybridized carbons (Fsp3) is 0.474. The molecule has 2 heterocycles. The Balaban J connectivity index is 1.50. The summed E-state index contributed by atoms with van der Waals surface area (Å²) in [6, 6.07) is 5.94. The van der Waals surface area contributed by atoms with Gasteiger partial charge in [-0.1, -0.05) is 6.07 Å². The van der Waals surface area contributed by atoms with E-state index >= 15 is 0 Å². The summed E-state index contributed by atoms with van der Waals surface area (Å²) in [7, 11) is 1.64. The quantitative estimate of drug-likeness (QED) is 0.743. The SMILES string of the molecule is COc1cc(CNCCC2CCOCC2)ccc1Oc1cnccn1. The van der Waals surface area contributed by atoms with Crippen molar-refractivity contribution in [1.82, 2.24) is 15.3 Å². The van der Waals surface area contributed by atoms with Crippen molar-refractivity contribution in [3.05, 3.63) is 42.4 Å². The third-order valence-corrected chi connectivity index (χ3v) is 4.38. The normalized spacial score (nSPS) is 15.1. The highest BCUT2D eigenvalue weighted by molar-refractivity contribution is 5.44. The highest BCUT2D eigenvalue weighted by Gasteiger charge is 2.13. The number of hydrogen-bond donors (Lipinski definition) is 1. The monoisotopic (exact) mass is 343 g/mol. The summed E-state index contributed by atoms with van der Waals surface area (Å²) in [5.74, 6) is 2.56. The minimum absolute atomic E-state index is 0.447. The fourth-order valence-corrected chi connectivity index (χ4v) is 2.93. The van der Waals surface area contributed by atoms with Crippen LogP contribution in [0.1, 0.15) is 24.8 Å². The average Bonchev–Trinajstić information content (AvgIpc) is 2.68. The number of nitrogens with one attached hydrogen (secondary N) is 1. The van der Waals surface area contributed by atoms with E-state index in [2.05, 4.69) is 15.3 Å². The largest absolute Gasteiger partial charge is 0.493 e. The molecule has 0 unspecified atom stereocenters. The van der Waals surface area contributed by atoms with E-state index < -0.39 is 0 Å². The molecule has 0 spiro atoms. The van der Waals surface area contributed by atoms with Crippen LogP contribution in [0.15, 0.2) is 36.8 Å². The van der Waals surface area contributed by atoms with Gasteiger partial charge in [0.05, 0.1) is 13.3 Å². The zero-order valence-corrected chi connectivity index (χ0v) is 14.6. The third-order valence-electron chi connectivity index (χ3n) is 4.38. The van der Waals surface area contributed by atoms with Gasteiger partial charge in [0.15, 0.2) is 11.5 Å². The standard InChI is InChI=1S/C19H25N3O3/c1-23-18-12-16(13-20-7-4-15-5-10-24-11-6-15)2-3-17(18)25-19-14-21-8-9-22-19/h2-3,8-9,12,14-15,20H,4-7,10-11,13H2,1H3. The number of nitrogens with zero attached hydrogens (tertiary/aromatic N) is 2. The molecule has 3 rings (SSSR count). The molecule has 6 nitrogen and oxygen atoms in total. The summed E-state index contributed by atoms with van der Waals surface area (Å²) in [5, 5.41) is 3.51.